The third kappa shape index (κ3) is 2.17. The number of hydrogen-bond donors (Lipinski definition) is 2. The molecule has 1 rings (SSSR count). The van der Waals surface area contributed by atoms with Gasteiger partial charge in [-0.3, -0.25) is 4.79 Å². The van der Waals surface area contributed by atoms with Gasteiger partial charge in [0, 0.05) is 18.8 Å². The van der Waals surface area contributed by atoms with E-state index in [1.54, 1.807) is 16.7 Å². The van der Waals surface area contributed by atoms with Crippen LogP contribution < -0.4 is 0 Å². The van der Waals surface area contributed by atoms with Crippen molar-refractivity contribution in [1.29, 1.82) is 0 Å². The Morgan fingerprint density at radius 3 is 2.69 bits per heavy atom. The summed E-state index contributed by atoms with van der Waals surface area (Å²) >= 11 is 0. The summed E-state index contributed by atoms with van der Waals surface area (Å²) in [7, 11) is 0. The number of aliphatic hydroxyl groups is 2. The minimum atomic E-state index is -0.0841. The topological polar surface area (TPSA) is 62.5 Å². The molecule has 0 aliphatic heterocycles. The van der Waals surface area contributed by atoms with E-state index in [0.29, 0.717) is 24.4 Å². The highest BCUT2D eigenvalue weighted by atomic mass is 16.3. The van der Waals surface area contributed by atoms with Crippen molar-refractivity contribution in [1.82, 2.24) is 4.57 Å². The standard InChI is InChI=1S/C9H13NO3/c11-5-1-4-10-8(6-12)2-3-9(10)7-13/h2-3,6,11,13H,1,4-5,7H2. The van der Waals surface area contributed by atoms with Crippen LogP contribution >= 0.6 is 0 Å². The van der Waals surface area contributed by atoms with Crippen molar-refractivity contribution < 1.29 is 15.0 Å². The van der Waals surface area contributed by atoms with E-state index in [-0.39, 0.29) is 13.2 Å². The van der Waals surface area contributed by atoms with Gasteiger partial charge in [0.2, 0.25) is 0 Å². The predicted molar refractivity (Wildman–Crippen MR) is 47.4 cm³/mol. The number of carbonyl (C=O) groups excluding carboxylic acids is 1. The Bertz CT molecular complexity index is 280. The van der Waals surface area contributed by atoms with Crippen LogP contribution in [0.1, 0.15) is 22.6 Å². The van der Waals surface area contributed by atoms with Crippen LogP contribution in [-0.4, -0.2) is 27.7 Å². The molecule has 0 radical (unpaired) electrons. The average Bonchev–Trinajstić information content (AvgIpc) is 2.56. The third-order valence-corrected chi connectivity index (χ3v) is 1.93. The van der Waals surface area contributed by atoms with Crippen molar-refractivity contribution >= 4 is 6.29 Å². The average molecular weight is 183 g/mol. The number of hydrogen-bond acceptors (Lipinski definition) is 3. The van der Waals surface area contributed by atoms with E-state index in [2.05, 4.69) is 0 Å². The summed E-state index contributed by atoms with van der Waals surface area (Å²) in [5.41, 5.74) is 1.24. The fraction of sp³-hybridized carbons (Fsp3) is 0.444. The van der Waals surface area contributed by atoms with Crippen molar-refractivity contribution in [2.45, 2.75) is 19.6 Å². The molecule has 0 saturated heterocycles. The fourth-order valence-corrected chi connectivity index (χ4v) is 1.27. The highest BCUT2D eigenvalue weighted by Crippen LogP contribution is 2.08. The van der Waals surface area contributed by atoms with E-state index < -0.39 is 0 Å². The van der Waals surface area contributed by atoms with Gasteiger partial charge in [0.1, 0.15) is 0 Å². The molecule has 0 aromatic carbocycles. The van der Waals surface area contributed by atoms with E-state index in [1.807, 2.05) is 0 Å². The monoisotopic (exact) mass is 183 g/mol. The first-order valence-corrected chi connectivity index (χ1v) is 4.18. The van der Waals surface area contributed by atoms with Gasteiger partial charge in [-0.05, 0) is 18.6 Å². The van der Waals surface area contributed by atoms with E-state index >= 15 is 0 Å². The number of carbonyl (C=O) groups is 1. The zero-order valence-corrected chi connectivity index (χ0v) is 7.31. The van der Waals surface area contributed by atoms with E-state index in [4.69, 9.17) is 10.2 Å². The summed E-state index contributed by atoms with van der Waals surface area (Å²) in [5, 5.41) is 17.6. The Kier molecular flexibility index (Phi) is 3.67. The quantitative estimate of drug-likeness (QED) is 0.640. The van der Waals surface area contributed by atoms with E-state index in [9.17, 15) is 4.79 Å². The molecule has 4 heteroatoms. The molecule has 0 amide bonds. The lowest BCUT2D eigenvalue weighted by Gasteiger charge is -2.07. The molecule has 0 bridgehead atoms. The normalized spacial score (nSPS) is 10.3. The van der Waals surface area contributed by atoms with Crippen molar-refractivity contribution in [2.75, 3.05) is 6.61 Å². The molecule has 0 aliphatic rings. The molecular formula is C9H13NO3. The van der Waals surface area contributed by atoms with Gasteiger partial charge in [0.25, 0.3) is 0 Å². The molecule has 0 atom stereocenters. The largest absolute Gasteiger partial charge is 0.396 e. The summed E-state index contributed by atoms with van der Waals surface area (Å²) in [6, 6.07) is 3.37. The Morgan fingerprint density at radius 1 is 1.38 bits per heavy atom. The molecular weight excluding hydrogens is 170 g/mol. The number of rotatable bonds is 5. The van der Waals surface area contributed by atoms with E-state index in [1.165, 1.54) is 0 Å². The van der Waals surface area contributed by atoms with E-state index in [0.717, 1.165) is 6.29 Å². The zero-order chi connectivity index (χ0) is 9.68. The molecule has 1 aromatic heterocycles. The number of aldehydes is 1. The lowest BCUT2D eigenvalue weighted by Crippen LogP contribution is -2.07. The minimum absolute atomic E-state index is 0.0841. The minimum Gasteiger partial charge on any atom is -0.396 e. The summed E-state index contributed by atoms with van der Waals surface area (Å²) in [6.07, 6.45) is 1.33. The van der Waals surface area contributed by atoms with Gasteiger partial charge in [-0.1, -0.05) is 0 Å². The first-order chi connectivity index (χ1) is 6.33. The maximum atomic E-state index is 10.6. The van der Waals surface area contributed by atoms with Crippen molar-refractivity contribution in [2.24, 2.45) is 0 Å². The third-order valence-electron chi connectivity index (χ3n) is 1.93. The van der Waals surface area contributed by atoms with Crippen molar-refractivity contribution in [3.63, 3.8) is 0 Å². The molecule has 0 aliphatic carbocycles. The molecule has 4 nitrogen and oxygen atoms in total. The Hall–Kier alpha value is -1.13. The summed E-state index contributed by atoms with van der Waals surface area (Å²) in [5.74, 6) is 0. The van der Waals surface area contributed by atoms with Gasteiger partial charge in [-0.15, -0.1) is 0 Å². The highest BCUT2D eigenvalue weighted by molar-refractivity contribution is 5.72. The number of aromatic nitrogens is 1. The fourth-order valence-electron chi connectivity index (χ4n) is 1.27. The predicted octanol–water partition coefficient (Wildman–Crippen LogP) is 0.175. The molecule has 13 heavy (non-hydrogen) atoms. The maximum absolute atomic E-state index is 10.6. The van der Waals surface area contributed by atoms with Crippen LogP contribution in [0.15, 0.2) is 12.1 Å². The lowest BCUT2D eigenvalue weighted by molar-refractivity contribution is 0.111. The molecule has 2 N–H and O–H groups in total. The second-order valence-electron chi connectivity index (χ2n) is 2.75. The van der Waals surface area contributed by atoms with Crippen LogP contribution in [0, 0.1) is 0 Å². The van der Waals surface area contributed by atoms with Crippen LogP contribution in [0.4, 0.5) is 0 Å². The smallest absolute Gasteiger partial charge is 0.166 e. The van der Waals surface area contributed by atoms with Gasteiger partial charge < -0.3 is 14.8 Å². The Balaban J connectivity index is 2.84. The Morgan fingerprint density at radius 2 is 2.15 bits per heavy atom. The SMILES string of the molecule is O=Cc1ccc(CO)n1CCCO. The second-order valence-corrected chi connectivity index (χ2v) is 2.75. The molecule has 1 heterocycles. The van der Waals surface area contributed by atoms with Crippen LogP contribution in [-0.2, 0) is 13.2 Å². The Labute approximate surface area is 76.4 Å². The summed E-state index contributed by atoms with van der Waals surface area (Å²) in [4.78, 5) is 10.6. The highest BCUT2D eigenvalue weighted by Gasteiger charge is 2.05. The van der Waals surface area contributed by atoms with Gasteiger partial charge in [0.05, 0.1) is 12.3 Å². The van der Waals surface area contributed by atoms with Crippen LogP contribution in [0.3, 0.4) is 0 Å². The first-order valence-electron chi connectivity index (χ1n) is 4.18. The number of nitrogens with zero attached hydrogens (tertiary/aromatic N) is 1. The van der Waals surface area contributed by atoms with Gasteiger partial charge in [0.15, 0.2) is 6.29 Å². The van der Waals surface area contributed by atoms with Crippen LogP contribution in [0.25, 0.3) is 0 Å². The molecule has 0 fully saturated rings. The van der Waals surface area contributed by atoms with Crippen LogP contribution in [0.5, 0.6) is 0 Å². The summed E-state index contributed by atoms with van der Waals surface area (Å²) in [6.45, 7) is 0.564. The van der Waals surface area contributed by atoms with Gasteiger partial charge >= 0.3 is 0 Å². The molecule has 1 aromatic rings. The first kappa shape index (κ1) is 9.95. The molecule has 0 unspecified atom stereocenters. The lowest BCUT2D eigenvalue weighted by atomic mass is 10.4. The van der Waals surface area contributed by atoms with Gasteiger partial charge in [-0.2, -0.15) is 0 Å². The second kappa shape index (κ2) is 4.79. The van der Waals surface area contributed by atoms with Gasteiger partial charge in [-0.25, -0.2) is 0 Å². The molecule has 0 spiro atoms. The van der Waals surface area contributed by atoms with Crippen molar-refractivity contribution in [3.8, 4) is 0 Å². The van der Waals surface area contributed by atoms with Crippen molar-refractivity contribution in [3.05, 3.63) is 23.5 Å². The summed E-state index contributed by atoms with van der Waals surface area (Å²) < 4.78 is 1.71. The van der Waals surface area contributed by atoms with Crippen LogP contribution in [0.2, 0.25) is 0 Å². The number of aliphatic hydroxyl groups excluding tert-OH is 2. The maximum Gasteiger partial charge on any atom is 0.166 e. The molecule has 72 valence electrons. The zero-order valence-electron chi connectivity index (χ0n) is 7.31. The molecule has 0 saturated carbocycles.